The van der Waals surface area contributed by atoms with E-state index in [1.807, 2.05) is 12.1 Å². The van der Waals surface area contributed by atoms with Gasteiger partial charge in [-0.1, -0.05) is 161 Å². The summed E-state index contributed by atoms with van der Waals surface area (Å²) < 4.78 is 22.1. The highest BCUT2D eigenvalue weighted by Gasteiger charge is 2.39. The van der Waals surface area contributed by atoms with Crippen LogP contribution in [0, 0.1) is 0 Å². The van der Waals surface area contributed by atoms with Crippen LogP contribution < -0.4 is 14.4 Å². The van der Waals surface area contributed by atoms with Gasteiger partial charge in [-0.05, 0) is 104 Å². The first-order valence-corrected chi connectivity index (χ1v) is 19.7. The highest BCUT2D eigenvalue weighted by atomic mass is 35.5. The van der Waals surface area contributed by atoms with E-state index in [0.29, 0.717) is 28.0 Å². The molecule has 0 heterocycles. The summed E-state index contributed by atoms with van der Waals surface area (Å²) in [5, 5.41) is 0.295. The van der Waals surface area contributed by atoms with E-state index in [9.17, 15) is 0 Å². The van der Waals surface area contributed by atoms with Gasteiger partial charge in [0, 0.05) is 22.4 Å². The predicted octanol–water partition coefficient (Wildman–Crippen LogP) is 15.6. The number of anilines is 3. The summed E-state index contributed by atoms with van der Waals surface area (Å²) in [5.74, 6) is 1.96. The Bertz CT molecular complexity index is 2330. The van der Waals surface area contributed by atoms with Crippen molar-refractivity contribution >= 4 is 28.7 Å². The zero-order valence-electron chi connectivity index (χ0n) is 35.2. The molecule has 0 aliphatic heterocycles. The van der Waals surface area contributed by atoms with Crippen molar-refractivity contribution in [3.05, 3.63) is 160 Å². The molecule has 0 unspecified atom stereocenters. The third kappa shape index (κ3) is 7.40. The molecule has 1 aliphatic rings. The molecule has 0 N–H and O–H groups in total. The third-order valence-corrected chi connectivity index (χ3v) is 11.3. The minimum atomic E-state index is -0.251. The first-order valence-electron chi connectivity index (χ1n) is 19.8. The molecule has 0 amide bonds. The quantitative estimate of drug-likeness (QED) is 0.162. The SMILES string of the molecule is [2H]c1cc(Oc2ccc(C(C)(C)C)cc2)c(Cl)c(Oc2ccc3c(c2N(c2ccc(C(C)(C)C)cc2)c2ccc(C(C)(C)C)cc2)-c2ccccc2C3(C)C)c1. The molecular weight excluding hydrogens is 694 g/mol. The Morgan fingerprint density at radius 1 is 0.527 bits per heavy atom. The van der Waals surface area contributed by atoms with Crippen LogP contribution in [0.4, 0.5) is 17.1 Å². The van der Waals surface area contributed by atoms with E-state index < -0.39 is 0 Å². The summed E-state index contributed by atoms with van der Waals surface area (Å²) in [4.78, 5) is 2.32. The number of ether oxygens (including phenoxy) is 2. The average Bonchev–Trinajstić information content (AvgIpc) is 3.36. The largest absolute Gasteiger partial charge is 0.456 e. The Kier molecular flexibility index (Phi) is 9.37. The lowest BCUT2D eigenvalue weighted by Gasteiger charge is -2.32. The van der Waals surface area contributed by atoms with Gasteiger partial charge in [-0.2, -0.15) is 0 Å². The maximum absolute atomic E-state index is 8.81. The van der Waals surface area contributed by atoms with E-state index in [0.717, 1.165) is 22.6 Å². The van der Waals surface area contributed by atoms with Gasteiger partial charge < -0.3 is 14.4 Å². The van der Waals surface area contributed by atoms with Crippen LogP contribution in [0.1, 0.15) is 105 Å². The Morgan fingerprint density at radius 3 is 1.51 bits per heavy atom. The molecule has 0 radical (unpaired) electrons. The first kappa shape index (κ1) is 37.0. The predicted molar refractivity (Wildman–Crippen MR) is 233 cm³/mol. The number of benzene rings is 6. The smallest absolute Gasteiger partial charge is 0.152 e. The summed E-state index contributed by atoms with van der Waals surface area (Å²) in [7, 11) is 0. The van der Waals surface area contributed by atoms with E-state index in [1.165, 1.54) is 33.4 Å². The van der Waals surface area contributed by atoms with Crippen LogP contribution in [0.25, 0.3) is 11.1 Å². The molecule has 4 heteroatoms. The average molecular weight is 749 g/mol. The molecule has 0 bridgehead atoms. The topological polar surface area (TPSA) is 21.7 Å². The summed E-state index contributed by atoms with van der Waals surface area (Å²) in [6, 6.07) is 42.2. The van der Waals surface area contributed by atoms with Crippen LogP contribution in [0.15, 0.2) is 127 Å². The van der Waals surface area contributed by atoms with Gasteiger partial charge in [0.25, 0.3) is 0 Å². The molecule has 3 nitrogen and oxygen atoms in total. The number of hydrogen-bond donors (Lipinski definition) is 0. The zero-order valence-corrected chi connectivity index (χ0v) is 34.9. The van der Waals surface area contributed by atoms with Crippen LogP contribution in [-0.4, -0.2) is 0 Å². The van der Waals surface area contributed by atoms with Crippen molar-refractivity contribution in [2.45, 2.75) is 97.8 Å². The lowest BCUT2D eigenvalue weighted by molar-refractivity contribution is 0.461. The number of nitrogens with zero attached hydrogens (tertiary/aromatic N) is 1. The van der Waals surface area contributed by atoms with Crippen LogP contribution in [0.5, 0.6) is 23.0 Å². The standard InChI is InChI=1S/C51H54ClNO2/c1-48(2,3)33-19-25-36(26-20-33)53(37-27-21-34(22-28-37)49(4,5)6)47-44(32-31-41-45(47)39-15-12-13-16-40(39)51(41,10)11)55-43-18-14-17-42(46(43)52)54-38-29-23-35(24-30-38)50(7,8)9/h12-32H,1-11H3/i14D. The lowest BCUT2D eigenvalue weighted by Crippen LogP contribution is -2.17. The van der Waals surface area contributed by atoms with Gasteiger partial charge >= 0.3 is 0 Å². The Morgan fingerprint density at radius 2 is 1.00 bits per heavy atom. The maximum atomic E-state index is 8.81. The van der Waals surface area contributed by atoms with Crippen molar-refractivity contribution in [1.29, 1.82) is 0 Å². The highest BCUT2D eigenvalue weighted by Crippen LogP contribution is 2.58. The van der Waals surface area contributed by atoms with Gasteiger partial charge in [-0.3, -0.25) is 0 Å². The fourth-order valence-corrected chi connectivity index (χ4v) is 7.73. The van der Waals surface area contributed by atoms with Crippen molar-refractivity contribution in [1.82, 2.24) is 0 Å². The van der Waals surface area contributed by atoms with Crippen LogP contribution in [0.2, 0.25) is 5.02 Å². The van der Waals surface area contributed by atoms with Gasteiger partial charge in [-0.25, -0.2) is 0 Å². The van der Waals surface area contributed by atoms with Crippen LogP contribution >= 0.6 is 11.6 Å². The van der Waals surface area contributed by atoms with Crippen molar-refractivity contribution in [3.63, 3.8) is 0 Å². The number of fused-ring (bicyclic) bond motifs is 3. The molecule has 55 heavy (non-hydrogen) atoms. The number of hydrogen-bond acceptors (Lipinski definition) is 3. The molecule has 0 atom stereocenters. The normalized spacial score (nSPS) is 13.9. The summed E-state index contributed by atoms with van der Waals surface area (Å²) >= 11 is 7.17. The van der Waals surface area contributed by atoms with Gasteiger partial charge in [0.05, 0.1) is 7.06 Å². The summed E-state index contributed by atoms with van der Waals surface area (Å²) in [5.41, 5.74) is 11.1. The molecule has 6 aromatic carbocycles. The van der Waals surface area contributed by atoms with E-state index in [4.69, 9.17) is 22.4 Å². The lowest BCUT2D eigenvalue weighted by atomic mass is 9.82. The first-order chi connectivity index (χ1) is 26.2. The molecule has 0 saturated heterocycles. The fourth-order valence-electron chi connectivity index (χ4n) is 7.55. The minimum Gasteiger partial charge on any atom is -0.456 e. The second-order valence-corrected chi connectivity index (χ2v) is 18.8. The van der Waals surface area contributed by atoms with Gasteiger partial charge in [0.1, 0.15) is 22.3 Å². The Labute approximate surface area is 335 Å². The summed E-state index contributed by atoms with van der Waals surface area (Å²) in [6.07, 6.45) is 0. The minimum absolute atomic E-state index is 0.00458. The van der Waals surface area contributed by atoms with Gasteiger partial charge in [0.15, 0.2) is 5.75 Å². The Balaban J connectivity index is 1.44. The zero-order chi connectivity index (χ0) is 40.4. The van der Waals surface area contributed by atoms with E-state index in [-0.39, 0.29) is 27.7 Å². The Hall–Kier alpha value is -4.99. The second kappa shape index (κ2) is 13.9. The summed E-state index contributed by atoms with van der Waals surface area (Å²) in [6.45, 7) is 24.6. The maximum Gasteiger partial charge on any atom is 0.152 e. The molecular formula is C51H54ClNO2. The molecule has 0 fully saturated rings. The van der Waals surface area contributed by atoms with Crippen LogP contribution in [-0.2, 0) is 21.7 Å². The highest BCUT2D eigenvalue weighted by molar-refractivity contribution is 6.33. The molecule has 0 spiro atoms. The molecule has 7 rings (SSSR count). The van der Waals surface area contributed by atoms with E-state index in [1.54, 1.807) is 12.1 Å². The van der Waals surface area contributed by atoms with Crippen molar-refractivity contribution in [2.75, 3.05) is 4.90 Å². The molecule has 6 aromatic rings. The fraction of sp³-hybridized carbons (Fsp3) is 0.294. The van der Waals surface area contributed by atoms with Crippen molar-refractivity contribution < 1.29 is 10.8 Å². The van der Waals surface area contributed by atoms with Crippen molar-refractivity contribution in [3.8, 4) is 34.1 Å². The monoisotopic (exact) mass is 748 g/mol. The molecule has 0 aromatic heterocycles. The molecule has 0 saturated carbocycles. The molecule has 1 aliphatic carbocycles. The van der Waals surface area contributed by atoms with Gasteiger partial charge in [-0.15, -0.1) is 0 Å². The number of rotatable bonds is 7. The molecule has 282 valence electrons. The van der Waals surface area contributed by atoms with E-state index >= 15 is 0 Å². The van der Waals surface area contributed by atoms with E-state index in [2.05, 4.69) is 178 Å². The number of halogens is 1. The third-order valence-electron chi connectivity index (χ3n) is 10.9. The van der Waals surface area contributed by atoms with Crippen molar-refractivity contribution in [2.24, 2.45) is 0 Å². The van der Waals surface area contributed by atoms with Gasteiger partial charge in [0.2, 0.25) is 0 Å². The second-order valence-electron chi connectivity index (χ2n) is 18.4. The van der Waals surface area contributed by atoms with Crippen LogP contribution in [0.3, 0.4) is 0 Å².